The topological polar surface area (TPSA) is 90.7 Å². The van der Waals surface area contributed by atoms with Crippen LogP contribution >= 0.6 is 11.6 Å². The molecule has 0 saturated carbocycles. The molecule has 0 spiro atoms. The second-order valence-electron chi connectivity index (χ2n) is 2.54. The Morgan fingerprint density at radius 1 is 1.64 bits per heavy atom. The number of benzene rings is 1. The van der Waals surface area contributed by atoms with Gasteiger partial charge in [-0.1, -0.05) is 11.6 Å². The van der Waals surface area contributed by atoms with E-state index >= 15 is 0 Å². The maximum Gasteiger partial charge on any atom is 0.203 e. The lowest BCUT2D eigenvalue weighted by molar-refractivity contribution is 0.107. The van der Waals surface area contributed by atoms with E-state index in [2.05, 4.69) is 0 Å². The van der Waals surface area contributed by atoms with E-state index in [-0.39, 0.29) is 21.8 Å². The van der Waals surface area contributed by atoms with E-state index in [1.165, 1.54) is 12.1 Å². The Balaban J connectivity index is 3.38. The van der Waals surface area contributed by atoms with Crippen molar-refractivity contribution in [1.82, 2.24) is 0 Å². The standard InChI is InChI=1S/C9H6ClN3O/c10-7-2-5(8(14)4-12)1-6(3-11)9(7)13/h1-2,4,12H,13H2. The molecule has 0 radical (unpaired) electrons. The lowest BCUT2D eigenvalue weighted by Crippen LogP contribution is -2.02. The Labute approximate surface area is 85.4 Å². The van der Waals surface area contributed by atoms with Crippen molar-refractivity contribution >= 4 is 29.3 Å². The lowest BCUT2D eigenvalue weighted by atomic mass is 10.1. The molecular weight excluding hydrogens is 202 g/mol. The van der Waals surface area contributed by atoms with Crippen LogP contribution in [0.2, 0.25) is 5.02 Å². The molecule has 14 heavy (non-hydrogen) atoms. The van der Waals surface area contributed by atoms with E-state index in [1.807, 2.05) is 6.07 Å². The zero-order chi connectivity index (χ0) is 10.7. The summed E-state index contributed by atoms with van der Waals surface area (Å²) in [5.41, 5.74) is 5.96. The predicted molar refractivity (Wildman–Crippen MR) is 53.7 cm³/mol. The van der Waals surface area contributed by atoms with Gasteiger partial charge in [0.1, 0.15) is 6.07 Å². The number of nitrogens with one attached hydrogen (secondary N) is 1. The molecule has 0 bridgehead atoms. The summed E-state index contributed by atoms with van der Waals surface area (Å²) in [7, 11) is 0. The molecule has 1 aromatic carbocycles. The number of nitrogens with zero attached hydrogens (tertiary/aromatic N) is 1. The third-order valence-corrected chi connectivity index (χ3v) is 1.98. The van der Waals surface area contributed by atoms with Crippen molar-refractivity contribution in [3.05, 3.63) is 28.3 Å². The van der Waals surface area contributed by atoms with Crippen LogP contribution in [0.1, 0.15) is 15.9 Å². The van der Waals surface area contributed by atoms with E-state index in [0.717, 1.165) is 0 Å². The average Bonchev–Trinajstić information content (AvgIpc) is 2.20. The highest BCUT2D eigenvalue weighted by molar-refractivity contribution is 6.37. The molecule has 70 valence electrons. The molecule has 0 aromatic heterocycles. The van der Waals surface area contributed by atoms with Crippen LogP contribution in [0.5, 0.6) is 0 Å². The van der Waals surface area contributed by atoms with Gasteiger partial charge < -0.3 is 11.1 Å². The van der Waals surface area contributed by atoms with Crippen molar-refractivity contribution in [3.63, 3.8) is 0 Å². The number of anilines is 1. The van der Waals surface area contributed by atoms with Crippen LogP contribution in [-0.2, 0) is 0 Å². The molecule has 0 aliphatic carbocycles. The SMILES string of the molecule is N#Cc1cc(C(=O)C=N)cc(Cl)c1N. The highest BCUT2D eigenvalue weighted by Gasteiger charge is 2.09. The Bertz CT molecular complexity index is 448. The number of rotatable bonds is 2. The van der Waals surface area contributed by atoms with Crippen LogP contribution in [-0.4, -0.2) is 12.0 Å². The van der Waals surface area contributed by atoms with E-state index < -0.39 is 5.78 Å². The van der Waals surface area contributed by atoms with Gasteiger partial charge >= 0.3 is 0 Å². The first-order valence-corrected chi connectivity index (χ1v) is 4.02. The summed E-state index contributed by atoms with van der Waals surface area (Å²) in [5.74, 6) is -0.511. The number of carbonyl (C=O) groups is 1. The summed E-state index contributed by atoms with van der Waals surface area (Å²) >= 11 is 5.70. The first kappa shape index (κ1) is 10.2. The van der Waals surface area contributed by atoms with Crippen molar-refractivity contribution in [3.8, 4) is 6.07 Å². The zero-order valence-corrected chi connectivity index (χ0v) is 7.80. The molecule has 0 heterocycles. The summed E-state index contributed by atoms with van der Waals surface area (Å²) in [6.45, 7) is 0. The second-order valence-corrected chi connectivity index (χ2v) is 2.95. The van der Waals surface area contributed by atoms with E-state index in [0.29, 0.717) is 6.21 Å². The van der Waals surface area contributed by atoms with Crippen molar-refractivity contribution in [2.75, 3.05) is 5.73 Å². The third kappa shape index (κ3) is 1.73. The van der Waals surface area contributed by atoms with Gasteiger partial charge in [0.05, 0.1) is 22.5 Å². The summed E-state index contributed by atoms with van der Waals surface area (Å²) in [6, 6.07) is 4.47. The Morgan fingerprint density at radius 2 is 2.29 bits per heavy atom. The summed E-state index contributed by atoms with van der Waals surface area (Å²) in [4.78, 5) is 11.1. The van der Waals surface area contributed by atoms with Gasteiger partial charge in [0.15, 0.2) is 0 Å². The predicted octanol–water partition coefficient (Wildman–Crippen LogP) is 1.63. The summed E-state index contributed by atoms with van der Waals surface area (Å²) in [6.07, 6.45) is 0.656. The second kappa shape index (κ2) is 3.90. The van der Waals surface area contributed by atoms with Crippen molar-refractivity contribution < 1.29 is 4.79 Å². The van der Waals surface area contributed by atoms with Gasteiger partial charge in [0, 0.05) is 5.56 Å². The van der Waals surface area contributed by atoms with Crippen LogP contribution in [0, 0.1) is 16.7 Å². The number of nitriles is 1. The number of nitrogens with two attached hydrogens (primary N) is 1. The van der Waals surface area contributed by atoms with Crippen molar-refractivity contribution in [2.45, 2.75) is 0 Å². The molecule has 0 aliphatic heterocycles. The van der Waals surface area contributed by atoms with E-state index in [9.17, 15) is 4.79 Å². The molecular formula is C9H6ClN3O. The Kier molecular flexibility index (Phi) is 2.85. The molecule has 0 amide bonds. The molecule has 3 N–H and O–H groups in total. The largest absolute Gasteiger partial charge is 0.396 e. The number of ketones is 1. The molecule has 1 rings (SSSR count). The van der Waals surface area contributed by atoms with Gasteiger partial charge in [-0.15, -0.1) is 0 Å². The van der Waals surface area contributed by atoms with Gasteiger partial charge in [-0.3, -0.25) is 4.79 Å². The Morgan fingerprint density at radius 3 is 2.79 bits per heavy atom. The minimum Gasteiger partial charge on any atom is -0.396 e. The maximum atomic E-state index is 11.1. The molecule has 5 heteroatoms. The molecule has 0 fully saturated rings. The first-order chi connectivity index (χ1) is 6.60. The molecule has 0 unspecified atom stereocenters. The number of hydrogen-bond donors (Lipinski definition) is 2. The minimum atomic E-state index is -0.511. The van der Waals surface area contributed by atoms with Gasteiger partial charge in [0.25, 0.3) is 0 Å². The number of nitrogen functional groups attached to an aromatic ring is 1. The van der Waals surface area contributed by atoms with Crippen LogP contribution < -0.4 is 5.73 Å². The highest BCUT2D eigenvalue weighted by atomic mass is 35.5. The first-order valence-electron chi connectivity index (χ1n) is 3.64. The molecule has 0 saturated heterocycles. The smallest absolute Gasteiger partial charge is 0.203 e. The van der Waals surface area contributed by atoms with Crippen LogP contribution in [0.4, 0.5) is 5.69 Å². The number of carbonyl (C=O) groups excluding carboxylic acids is 1. The third-order valence-electron chi connectivity index (χ3n) is 1.67. The fraction of sp³-hybridized carbons (Fsp3) is 0. The minimum absolute atomic E-state index is 0.141. The average molecular weight is 208 g/mol. The van der Waals surface area contributed by atoms with Gasteiger partial charge in [-0.2, -0.15) is 5.26 Å². The summed E-state index contributed by atoms with van der Waals surface area (Å²) < 4.78 is 0. The molecule has 0 aliphatic rings. The van der Waals surface area contributed by atoms with Crippen molar-refractivity contribution in [2.24, 2.45) is 0 Å². The quantitative estimate of drug-likeness (QED) is 0.439. The fourth-order valence-corrected chi connectivity index (χ4v) is 1.16. The van der Waals surface area contributed by atoms with Crippen LogP contribution in [0.25, 0.3) is 0 Å². The van der Waals surface area contributed by atoms with Gasteiger partial charge in [-0.25, -0.2) is 0 Å². The van der Waals surface area contributed by atoms with Crippen LogP contribution in [0.15, 0.2) is 12.1 Å². The Hall–Kier alpha value is -1.86. The molecule has 4 nitrogen and oxygen atoms in total. The molecule has 0 atom stereocenters. The maximum absolute atomic E-state index is 11.1. The lowest BCUT2D eigenvalue weighted by Gasteiger charge is -2.02. The monoisotopic (exact) mass is 207 g/mol. The zero-order valence-electron chi connectivity index (χ0n) is 7.04. The normalized spacial score (nSPS) is 9.14. The van der Waals surface area contributed by atoms with Crippen molar-refractivity contribution in [1.29, 1.82) is 10.7 Å². The van der Waals surface area contributed by atoms with E-state index in [4.69, 9.17) is 28.0 Å². The van der Waals surface area contributed by atoms with Gasteiger partial charge in [0.2, 0.25) is 5.78 Å². The number of halogens is 1. The fourth-order valence-electron chi connectivity index (χ4n) is 0.936. The number of hydrogen-bond acceptors (Lipinski definition) is 4. The van der Waals surface area contributed by atoms with Gasteiger partial charge in [-0.05, 0) is 12.1 Å². The summed E-state index contributed by atoms with van der Waals surface area (Å²) in [5, 5.41) is 15.6. The molecule has 1 aromatic rings. The van der Waals surface area contributed by atoms with Crippen LogP contribution in [0.3, 0.4) is 0 Å². The number of Topliss-reactive ketones (excluding diaryl/α,β-unsaturated/α-hetero) is 1. The highest BCUT2D eigenvalue weighted by Crippen LogP contribution is 2.24. The van der Waals surface area contributed by atoms with E-state index in [1.54, 1.807) is 0 Å².